The Kier molecular flexibility index (Phi) is 3.19. The molecule has 0 aliphatic rings. The molecule has 0 spiro atoms. The van der Waals surface area contributed by atoms with Gasteiger partial charge < -0.3 is 10.1 Å². The molecule has 0 radical (unpaired) electrons. The Morgan fingerprint density at radius 2 is 2.25 bits per heavy atom. The molecule has 16 heavy (non-hydrogen) atoms. The van der Waals surface area contributed by atoms with E-state index in [0.717, 1.165) is 15.8 Å². The largest absolute Gasteiger partial charge is 0.480 e. The first-order valence-corrected chi connectivity index (χ1v) is 6.06. The molecular weight excluding hydrogens is 222 g/mol. The zero-order valence-electron chi connectivity index (χ0n) is 8.93. The van der Waals surface area contributed by atoms with Crippen LogP contribution in [0.25, 0.3) is 10.9 Å². The number of rotatable bonds is 4. The van der Waals surface area contributed by atoms with Gasteiger partial charge in [-0.15, -0.1) is 11.8 Å². The first-order chi connectivity index (χ1) is 7.72. The van der Waals surface area contributed by atoms with Crippen molar-refractivity contribution < 1.29 is 9.90 Å². The number of aromatic amines is 1. The van der Waals surface area contributed by atoms with Crippen molar-refractivity contribution in [3.05, 3.63) is 30.5 Å². The van der Waals surface area contributed by atoms with E-state index in [1.54, 1.807) is 0 Å². The van der Waals surface area contributed by atoms with Crippen molar-refractivity contribution in [2.24, 2.45) is 0 Å². The van der Waals surface area contributed by atoms with Gasteiger partial charge >= 0.3 is 5.97 Å². The normalized spacial score (nSPS) is 12.8. The van der Waals surface area contributed by atoms with Crippen LogP contribution in [0.2, 0.25) is 0 Å². The number of hydrogen-bond donors (Lipinski definition) is 2. The van der Waals surface area contributed by atoms with Gasteiger partial charge in [-0.3, -0.25) is 4.79 Å². The van der Waals surface area contributed by atoms with Crippen LogP contribution in [0, 0.1) is 0 Å². The molecule has 0 fully saturated rings. The van der Waals surface area contributed by atoms with Gasteiger partial charge in [-0.1, -0.05) is 25.1 Å². The summed E-state index contributed by atoms with van der Waals surface area (Å²) in [5.74, 6) is -0.752. The zero-order chi connectivity index (χ0) is 11.5. The van der Waals surface area contributed by atoms with Crippen LogP contribution < -0.4 is 0 Å². The second-order valence-corrected chi connectivity index (χ2v) is 4.80. The summed E-state index contributed by atoms with van der Waals surface area (Å²) in [6.07, 6.45) is 2.50. The first-order valence-electron chi connectivity index (χ1n) is 5.18. The lowest BCUT2D eigenvalue weighted by atomic mass is 10.2. The van der Waals surface area contributed by atoms with Crippen LogP contribution in [0.15, 0.2) is 35.4 Å². The summed E-state index contributed by atoms with van der Waals surface area (Å²) in [5, 5.41) is 9.73. The topological polar surface area (TPSA) is 53.1 Å². The lowest BCUT2D eigenvalue weighted by Crippen LogP contribution is -2.14. The quantitative estimate of drug-likeness (QED) is 0.800. The van der Waals surface area contributed by atoms with E-state index in [0.29, 0.717) is 6.42 Å². The van der Waals surface area contributed by atoms with Gasteiger partial charge in [-0.2, -0.15) is 0 Å². The Morgan fingerprint density at radius 3 is 2.94 bits per heavy atom. The molecule has 0 bridgehead atoms. The highest BCUT2D eigenvalue weighted by molar-refractivity contribution is 8.00. The van der Waals surface area contributed by atoms with Crippen molar-refractivity contribution in [3.63, 3.8) is 0 Å². The Bertz CT molecular complexity index is 506. The van der Waals surface area contributed by atoms with Crippen LogP contribution in [0.4, 0.5) is 0 Å². The summed E-state index contributed by atoms with van der Waals surface area (Å²) in [6, 6.07) is 7.91. The molecule has 0 saturated carbocycles. The number of fused-ring (bicyclic) bond motifs is 1. The first kappa shape index (κ1) is 11.1. The number of hydrogen-bond acceptors (Lipinski definition) is 2. The number of carbonyl (C=O) groups is 1. The zero-order valence-corrected chi connectivity index (χ0v) is 9.75. The average Bonchev–Trinajstić information content (AvgIpc) is 2.69. The molecule has 1 atom stereocenters. The standard InChI is InChI=1S/C12H13NO2S/c1-2-10(12(14)15)16-11-7-13-9-6-4-3-5-8(9)11/h3-7,10,13H,2H2,1H3,(H,14,15). The van der Waals surface area contributed by atoms with Gasteiger partial charge in [0.25, 0.3) is 0 Å². The summed E-state index contributed by atoms with van der Waals surface area (Å²) in [5.41, 5.74) is 1.05. The molecule has 1 unspecified atom stereocenters. The van der Waals surface area contributed by atoms with Crippen LogP contribution in [0.3, 0.4) is 0 Å². The maximum atomic E-state index is 11.0. The smallest absolute Gasteiger partial charge is 0.316 e. The van der Waals surface area contributed by atoms with Crippen molar-refractivity contribution in [2.75, 3.05) is 0 Å². The van der Waals surface area contributed by atoms with Crippen LogP contribution in [-0.2, 0) is 4.79 Å². The lowest BCUT2D eigenvalue weighted by Gasteiger charge is -2.07. The van der Waals surface area contributed by atoms with Crippen molar-refractivity contribution in [1.29, 1.82) is 0 Å². The molecule has 1 aromatic heterocycles. The maximum Gasteiger partial charge on any atom is 0.316 e. The van der Waals surface area contributed by atoms with Gasteiger partial charge in [-0.05, 0) is 12.5 Å². The van der Waals surface area contributed by atoms with Crippen LogP contribution in [0.1, 0.15) is 13.3 Å². The van der Waals surface area contributed by atoms with E-state index < -0.39 is 5.97 Å². The van der Waals surface area contributed by atoms with Crippen molar-refractivity contribution in [2.45, 2.75) is 23.5 Å². The predicted molar refractivity (Wildman–Crippen MR) is 65.9 cm³/mol. The number of aliphatic carboxylic acids is 1. The molecule has 84 valence electrons. The molecular formula is C12H13NO2S. The molecule has 2 N–H and O–H groups in total. The van der Waals surface area contributed by atoms with Crippen molar-refractivity contribution in [1.82, 2.24) is 4.98 Å². The Hall–Kier alpha value is -1.42. The Labute approximate surface area is 97.9 Å². The third-order valence-electron chi connectivity index (χ3n) is 2.47. The van der Waals surface area contributed by atoms with Gasteiger partial charge in [0.1, 0.15) is 5.25 Å². The third-order valence-corrected chi connectivity index (χ3v) is 3.88. The highest BCUT2D eigenvalue weighted by atomic mass is 32.2. The van der Waals surface area contributed by atoms with E-state index in [2.05, 4.69) is 4.98 Å². The monoisotopic (exact) mass is 235 g/mol. The summed E-state index contributed by atoms with van der Waals surface area (Å²) in [4.78, 5) is 15.1. The van der Waals surface area contributed by atoms with E-state index in [1.165, 1.54) is 11.8 Å². The summed E-state index contributed by atoms with van der Waals surface area (Å²) in [7, 11) is 0. The van der Waals surface area contributed by atoms with E-state index in [4.69, 9.17) is 5.11 Å². The lowest BCUT2D eigenvalue weighted by molar-refractivity contribution is -0.136. The van der Waals surface area contributed by atoms with Gasteiger partial charge in [0.15, 0.2) is 0 Å². The molecule has 3 nitrogen and oxygen atoms in total. The van der Waals surface area contributed by atoms with Gasteiger partial charge in [0.05, 0.1) is 0 Å². The number of thioether (sulfide) groups is 1. The van der Waals surface area contributed by atoms with Crippen molar-refractivity contribution in [3.8, 4) is 0 Å². The van der Waals surface area contributed by atoms with Crippen molar-refractivity contribution >= 4 is 28.6 Å². The molecule has 1 heterocycles. The fourth-order valence-electron chi connectivity index (χ4n) is 1.60. The SMILES string of the molecule is CCC(Sc1c[nH]c2ccccc12)C(=O)O. The van der Waals surface area contributed by atoms with E-state index in [9.17, 15) is 4.79 Å². The number of H-pyrrole nitrogens is 1. The second kappa shape index (κ2) is 4.61. The fraction of sp³-hybridized carbons (Fsp3) is 0.250. The molecule has 4 heteroatoms. The highest BCUT2D eigenvalue weighted by Gasteiger charge is 2.18. The maximum absolute atomic E-state index is 11.0. The van der Waals surface area contributed by atoms with Crippen LogP contribution in [-0.4, -0.2) is 21.3 Å². The summed E-state index contributed by atoms with van der Waals surface area (Å²) < 4.78 is 0. The Balaban J connectivity index is 2.30. The highest BCUT2D eigenvalue weighted by Crippen LogP contribution is 2.31. The molecule has 2 rings (SSSR count). The van der Waals surface area contributed by atoms with E-state index in [1.807, 2.05) is 37.4 Å². The minimum atomic E-state index is -0.752. The summed E-state index contributed by atoms with van der Waals surface area (Å²) in [6.45, 7) is 1.89. The molecule has 0 aliphatic carbocycles. The summed E-state index contributed by atoms with van der Waals surface area (Å²) >= 11 is 1.40. The predicted octanol–water partition coefficient (Wildman–Crippen LogP) is 3.12. The van der Waals surface area contributed by atoms with E-state index >= 15 is 0 Å². The van der Waals surface area contributed by atoms with Crippen LogP contribution in [0.5, 0.6) is 0 Å². The number of aromatic nitrogens is 1. The molecule has 2 aromatic rings. The minimum absolute atomic E-state index is 0.376. The number of nitrogens with one attached hydrogen (secondary N) is 1. The van der Waals surface area contributed by atoms with Gasteiger partial charge in [0, 0.05) is 22.0 Å². The minimum Gasteiger partial charge on any atom is -0.480 e. The van der Waals surface area contributed by atoms with E-state index in [-0.39, 0.29) is 5.25 Å². The molecule has 0 amide bonds. The van der Waals surface area contributed by atoms with Gasteiger partial charge in [0.2, 0.25) is 0 Å². The average molecular weight is 235 g/mol. The molecule has 0 aliphatic heterocycles. The van der Waals surface area contributed by atoms with Crippen LogP contribution >= 0.6 is 11.8 Å². The number of carboxylic acid groups (broad SMARTS) is 1. The second-order valence-electron chi connectivity index (χ2n) is 3.55. The molecule has 1 aromatic carbocycles. The van der Waals surface area contributed by atoms with Gasteiger partial charge in [-0.25, -0.2) is 0 Å². The number of benzene rings is 1. The third kappa shape index (κ3) is 2.07. The fourth-order valence-corrected chi connectivity index (χ4v) is 2.61. The molecule has 0 saturated heterocycles. The number of carboxylic acids is 1. The Morgan fingerprint density at radius 1 is 1.50 bits per heavy atom. The number of para-hydroxylation sites is 1.